The first-order chi connectivity index (χ1) is 11.2. The molecule has 1 aliphatic carbocycles. The Hall–Kier alpha value is -1.73. The minimum atomic E-state index is 0.00795. The van der Waals surface area contributed by atoms with Crippen LogP contribution in [0, 0.1) is 5.92 Å². The van der Waals surface area contributed by atoms with Crippen LogP contribution in [0.2, 0.25) is 5.02 Å². The molecule has 2 N–H and O–H groups in total. The van der Waals surface area contributed by atoms with Crippen molar-refractivity contribution in [3.8, 4) is 17.1 Å². The molecule has 8 heteroatoms. The number of amides is 1. The van der Waals surface area contributed by atoms with Crippen molar-refractivity contribution in [2.45, 2.75) is 18.0 Å². The summed E-state index contributed by atoms with van der Waals surface area (Å²) in [4.78, 5) is 16.1. The fourth-order valence-electron chi connectivity index (χ4n) is 2.06. The summed E-state index contributed by atoms with van der Waals surface area (Å²) in [5.74, 6) is 2.20. The Morgan fingerprint density at radius 1 is 1.52 bits per heavy atom. The van der Waals surface area contributed by atoms with Gasteiger partial charge in [-0.05, 0) is 37.0 Å². The van der Waals surface area contributed by atoms with Gasteiger partial charge in [0.05, 0.1) is 18.4 Å². The Morgan fingerprint density at radius 2 is 2.35 bits per heavy atom. The van der Waals surface area contributed by atoms with Crippen LogP contribution in [0.5, 0.6) is 5.75 Å². The highest BCUT2D eigenvalue weighted by atomic mass is 35.5. The van der Waals surface area contributed by atoms with Gasteiger partial charge in [0.1, 0.15) is 5.75 Å². The molecule has 0 saturated heterocycles. The second-order valence-electron chi connectivity index (χ2n) is 5.35. The Bertz CT molecular complexity index is 703. The number of carbonyl (C=O) groups is 1. The maximum atomic E-state index is 11.7. The Morgan fingerprint density at radius 3 is 3.09 bits per heavy atom. The van der Waals surface area contributed by atoms with Crippen molar-refractivity contribution in [1.82, 2.24) is 20.5 Å². The lowest BCUT2D eigenvalue weighted by Gasteiger charge is -2.05. The van der Waals surface area contributed by atoms with E-state index < -0.39 is 0 Å². The van der Waals surface area contributed by atoms with Crippen LogP contribution in [0.15, 0.2) is 23.4 Å². The monoisotopic (exact) mass is 352 g/mol. The van der Waals surface area contributed by atoms with Crippen molar-refractivity contribution in [3.05, 3.63) is 23.2 Å². The number of ether oxygens (including phenoxy) is 1. The van der Waals surface area contributed by atoms with Crippen molar-refractivity contribution in [1.29, 1.82) is 0 Å². The summed E-state index contributed by atoms with van der Waals surface area (Å²) in [7, 11) is 1.59. The van der Waals surface area contributed by atoms with Crippen molar-refractivity contribution in [3.63, 3.8) is 0 Å². The molecule has 0 atom stereocenters. The number of benzene rings is 1. The fourth-order valence-corrected chi connectivity index (χ4v) is 2.86. The average Bonchev–Trinajstić information content (AvgIpc) is 3.27. The van der Waals surface area contributed by atoms with Crippen LogP contribution in [0.1, 0.15) is 12.8 Å². The number of hydrogen-bond donors (Lipinski definition) is 2. The normalized spacial score (nSPS) is 13.8. The van der Waals surface area contributed by atoms with E-state index in [1.165, 1.54) is 24.6 Å². The molecule has 122 valence electrons. The first-order valence-corrected chi connectivity index (χ1v) is 8.68. The maximum absolute atomic E-state index is 11.7. The SMILES string of the molecule is COc1ccc(Cl)cc1-c1nc(SCC(=O)NCC2CC2)n[nH]1. The van der Waals surface area contributed by atoms with Gasteiger partial charge in [0.15, 0.2) is 5.82 Å². The van der Waals surface area contributed by atoms with Crippen LogP contribution >= 0.6 is 23.4 Å². The number of rotatable bonds is 7. The smallest absolute Gasteiger partial charge is 0.230 e. The predicted octanol–water partition coefficient (Wildman–Crippen LogP) is 2.75. The molecule has 0 unspecified atom stereocenters. The molecule has 1 heterocycles. The number of aromatic nitrogens is 3. The zero-order valence-electron chi connectivity index (χ0n) is 12.6. The molecule has 1 aliphatic rings. The van der Waals surface area contributed by atoms with Gasteiger partial charge in [-0.3, -0.25) is 9.89 Å². The molecule has 0 aliphatic heterocycles. The molecule has 0 spiro atoms. The van der Waals surface area contributed by atoms with Crippen LogP contribution in [0.4, 0.5) is 0 Å². The molecule has 23 heavy (non-hydrogen) atoms. The number of aromatic amines is 1. The van der Waals surface area contributed by atoms with Crippen LogP contribution < -0.4 is 10.1 Å². The van der Waals surface area contributed by atoms with Gasteiger partial charge in [-0.25, -0.2) is 4.98 Å². The van der Waals surface area contributed by atoms with E-state index in [0.717, 1.165) is 12.1 Å². The van der Waals surface area contributed by atoms with Gasteiger partial charge in [0.25, 0.3) is 0 Å². The van der Waals surface area contributed by atoms with Gasteiger partial charge in [-0.15, -0.1) is 5.10 Å². The topological polar surface area (TPSA) is 79.9 Å². The van der Waals surface area contributed by atoms with E-state index in [0.29, 0.717) is 33.4 Å². The number of nitrogens with zero attached hydrogens (tertiary/aromatic N) is 2. The molecule has 1 aromatic carbocycles. The summed E-state index contributed by atoms with van der Waals surface area (Å²) in [5, 5.41) is 11.0. The molecule has 0 bridgehead atoms. The van der Waals surface area contributed by atoms with Gasteiger partial charge in [0.2, 0.25) is 11.1 Å². The minimum Gasteiger partial charge on any atom is -0.496 e. The quantitative estimate of drug-likeness (QED) is 0.749. The van der Waals surface area contributed by atoms with Crippen LogP contribution in [0.3, 0.4) is 0 Å². The third-order valence-corrected chi connectivity index (χ3v) is 4.58. The van der Waals surface area contributed by atoms with E-state index >= 15 is 0 Å². The lowest BCUT2D eigenvalue weighted by molar-refractivity contribution is -0.118. The van der Waals surface area contributed by atoms with E-state index in [9.17, 15) is 4.79 Å². The third kappa shape index (κ3) is 4.39. The molecule has 3 rings (SSSR count). The minimum absolute atomic E-state index is 0.00795. The Balaban J connectivity index is 1.61. The highest BCUT2D eigenvalue weighted by molar-refractivity contribution is 7.99. The molecule has 1 fully saturated rings. The lowest BCUT2D eigenvalue weighted by atomic mass is 10.2. The van der Waals surface area contributed by atoms with E-state index in [-0.39, 0.29) is 5.91 Å². The summed E-state index contributed by atoms with van der Waals surface area (Å²) in [6, 6.07) is 5.29. The molecule has 0 radical (unpaired) electrons. The van der Waals surface area contributed by atoms with Gasteiger partial charge >= 0.3 is 0 Å². The second kappa shape index (κ2) is 7.23. The highest BCUT2D eigenvalue weighted by Crippen LogP contribution is 2.31. The van der Waals surface area contributed by atoms with E-state index in [2.05, 4.69) is 20.5 Å². The molecule has 1 saturated carbocycles. The molecule has 6 nitrogen and oxygen atoms in total. The number of methoxy groups -OCH3 is 1. The largest absolute Gasteiger partial charge is 0.496 e. The zero-order chi connectivity index (χ0) is 16.2. The Kier molecular flexibility index (Phi) is 5.07. The third-order valence-electron chi connectivity index (χ3n) is 3.50. The summed E-state index contributed by atoms with van der Waals surface area (Å²) in [6.45, 7) is 0.776. The summed E-state index contributed by atoms with van der Waals surface area (Å²) in [5.41, 5.74) is 0.734. The van der Waals surface area contributed by atoms with Crippen molar-refractivity contribution < 1.29 is 9.53 Å². The zero-order valence-corrected chi connectivity index (χ0v) is 14.2. The maximum Gasteiger partial charge on any atom is 0.230 e. The molecule has 2 aromatic rings. The highest BCUT2D eigenvalue weighted by Gasteiger charge is 2.21. The van der Waals surface area contributed by atoms with Gasteiger partial charge in [-0.2, -0.15) is 0 Å². The summed E-state index contributed by atoms with van der Waals surface area (Å²) >= 11 is 7.32. The van der Waals surface area contributed by atoms with Crippen LogP contribution in [0.25, 0.3) is 11.4 Å². The summed E-state index contributed by atoms with van der Waals surface area (Å²) in [6.07, 6.45) is 2.44. The van der Waals surface area contributed by atoms with Crippen LogP contribution in [-0.4, -0.2) is 40.5 Å². The average molecular weight is 353 g/mol. The number of halogens is 1. The van der Waals surface area contributed by atoms with Crippen molar-refractivity contribution in [2.24, 2.45) is 5.92 Å². The van der Waals surface area contributed by atoms with Crippen LogP contribution in [-0.2, 0) is 4.79 Å². The van der Waals surface area contributed by atoms with Crippen molar-refractivity contribution >= 4 is 29.3 Å². The van der Waals surface area contributed by atoms with Gasteiger partial charge in [0, 0.05) is 11.6 Å². The van der Waals surface area contributed by atoms with E-state index in [1.807, 2.05) is 0 Å². The van der Waals surface area contributed by atoms with E-state index in [1.54, 1.807) is 25.3 Å². The first-order valence-electron chi connectivity index (χ1n) is 7.31. The van der Waals surface area contributed by atoms with Crippen molar-refractivity contribution in [2.75, 3.05) is 19.4 Å². The van der Waals surface area contributed by atoms with E-state index in [4.69, 9.17) is 16.3 Å². The number of nitrogens with one attached hydrogen (secondary N) is 2. The first kappa shape index (κ1) is 16.1. The predicted molar refractivity (Wildman–Crippen MR) is 89.8 cm³/mol. The molecular weight excluding hydrogens is 336 g/mol. The number of hydrogen-bond acceptors (Lipinski definition) is 5. The standard InChI is InChI=1S/C15H17ClN4O2S/c1-22-12-5-4-10(16)6-11(12)14-18-15(20-19-14)23-8-13(21)17-7-9-2-3-9/h4-6,9H,2-3,7-8H2,1H3,(H,17,21)(H,18,19,20). The second-order valence-corrected chi connectivity index (χ2v) is 6.73. The Labute approximate surface area is 143 Å². The number of carbonyl (C=O) groups excluding carboxylic acids is 1. The number of H-pyrrole nitrogens is 1. The fraction of sp³-hybridized carbons (Fsp3) is 0.400. The molecular formula is C15H17ClN4O2S. The van der Waals surface area contributed by atoms with Gasteiger partial charge < -0.3 is 10.1 Å². The molecule has 1 aromatic heterocycles. The summed E-state index contributed by atoms with van der Waals surface area (Å²) < 4.78 is 5.31. The molecule has 1 amide bonds. The lowest BCUT2D eigenvalue weighted by Crippen LogP contribution is -2.27. The van der Waals surface area contributed by atoms with Gasteiger partial charge in [-0.1, -0.05) is 23.4 Å². The number of thioether (sulfide) groups is 1.